The van der Waals surface area contributed by atoms with Gasteiger partial charge in [-0.05, 0) is 48.9 Å². The van der Waals surface area contributed by atoms with Gasteiger partial charge in [0.25, 0.3) is 0 Å². The number of aryl methyl sites for hydroxylation is 1. The Labute approximate surface area is 189 Å². The Morgan fingerprint density at radius 2 is 1.91 bits per heavy atom. The van der Waals surface area contributed by atoms with Crippen molar-refractivity contribution in [2.24, 2.45) is 0 Å². The van der Waals surface area contributed by atoms with E-state index in [1.807, 2.05) is 17.0 Å². The third kappa shape index (κ3) is 6.01. The predicted molar refractivity (Wildman–Crippen MR) is 123 cm³/mol. The number of rotatable bonds is 9. The van der Waals surface area contributed by atoms with Crippen molar-refractivity contribution < 1.29 is 13.6 Å². The molecule has 1 amide bonds. The third-order valence-corrected chi connectivity index (χ3v) is 5.69. The molecule has 6 nitrogen and oxygen atoms in total. The lowest BCUT2D eigenvalue weighted by atomic mass is 10.1. The topological polar surface area (TPSA) is 71.3 Å². The van der Waals surface area contributed by atoms with Crippen LogP contribution in [0.4, 0.5) is 15.2 Å². The molecular weight excluding hydrogens is 427 g/mol. The lowest BCUT2D eigenvalue weighted by Crippen LogP contribution is -2.27. The maximum Gasteiger partial charge on any atom is 0.226 e. The lowest BCUT2D eigenvalue weighted by molar-refractivity contribution is -0.116. The van der Waals surface area contributed by atoms with Crippen LogP contribution in [-0.2, 0) is 17.8 Å². The second kappa shape index (κ2) is 10.2. The predicted octanol–water partition coefficient (Wildman–Crippen LogP) is 5.20. The molecule has 0 radical (unpaired) electrons. The maximum absolute atomic E-state index is 13.1. The Morgan fingerprint density at radius 1 is 1.12 bits per heavy atom. The molecule has 0 fully saturated rings. The molecule has 4 aromatic rings. The van der Waals surface area contributed by atoms with E-state index in [1.54, 1.807) is 6.26 Å². The first-order valence-corrected chi connectivity index (χ1v) is 11.0. The molecule has 164 valence electrons. The van der Waals surface area contributed by atoms with Gasteiger partial charge in [0, 0.05) is 36.6 Å². The van der Waals surface area contributed by atoms with Crippen LogP contribution in [0.1, 0.15) is 29.1 Å². The number of furan rings is 1. The summed E-state index contributed by atoms with van der Waals surface area (Å²) in [4.78, 5) is 19.1. The van der Waals surface area contributed by atoms with E-state index in [4.69, 9.17) is 9.40 Å². The van der Waals surface area contributed by atoms with Crippen molar-refractivity contribution in [3.8, 4) is 0 Å². The van der Waals surface area contributed by atoms with E-state index in [0.717, 1.165) is 22.3 Å². The zero-order chi connectivity index (χ0) is 22.3. The minimum atomic E-state index is -0.342. The molecular formula is C24H23FN4O2S. The first kappa shape index (κ1) is 21.7. The summed E-state index contributed by atoms with van der Waals surface area (Å²) in [5, 5.41) is 3.52. The molecule has 32 heavy (non-hydrogen) atoms. The van der Waals surface area contributed by atoms with Crippen molar-refractivity contribution >= 4 is 28.3 Å². The van der Waals surface area contributed by atoms with Crippen LogP contribution in [0.5, 0.6) is 0 Å². The van der Waals surface area contributed by atoms with Gasteiger partial charge in [-0.1, -0.05) is 29.8 Å². The van der Waals surface area contributed by atoms with E-state index in [0.29, 0.717) is 25.2 Å². The van der Waals surface area contributed by atoms with E-state index >= 15 is 0 Å². The number of amides is 1. The van der Waals surface area contributed by atoms with E-state index in [1.165, 1.54) is 41.4 Å². The molecule has 0 spiro atoms. The van der Waals surface area contributed by atoms with Gasteiger partial charge in [-0.25, -0.2) is 9.37 Å². The van der Waals surface area contributed by atoms with Crippen LogP contribution in [0, 0.1) is 12.7 Å². The van der Waals surface area contributed by atoms with Crippen LogP contribution in [0.3, 0.4) is 0 Å². The molecule has 0 saturated carbocycles. The summed E-state index contributed by atoms with van der Waals surface area (Å²) in [7, 11) is 0. The largest absolute Gasteiger partial charge is 0.467 e. The smallest absolute Gasteiger partial charge is 0.226 e. The minimum absolute atomic E-state index is 0.162. The molecule has 0 unspecified atom stereocenters. The van der Waals surface area contributed by atoms with Crippen LogP contribution < -0.4 is 10.2 Å². The summed E-state index contributed by atoms with van der Waals surface area (Å²) >= 11 is 1.31. The first-order chi connectivity index (χ1) is 15.5. The third-order valence-electron chi connectivity index (χ3n) is 4.87. The average Bonchev–Trinajstić information content (AvgIpc) is 3.46. The number of nitrogens with one attached hydrogen (secondary N) is 1. The molecule has 2 aromatic carbocycles. The SMILES string of the molecule is Cc1ccc(Cc2nsc(N(CCC(=O)Nc3ccc(F)cc3)Cc3ccco3)n2)cc1. The highest BCUT2D eigenvalue weighted by molar-refractivity contribution is 7.09. The van der Waals surface area contributed by atoms with Crippen molar-refractivity contribution in [1.29, 1.82) is 0 Å². The zero-order valence-electron chi connectivity index (χ0n) is 17.6. The van der Waals surface area contributed by atoms with Crippen LogP contribution in [0.2, 0.25) is 0 Å². The molecule has 0 bridgehead atoms. The summed E-state index contributed by atoms with van der Waals surface area (Å²) < 4.78 is 23.1. The van der Waals surface area contributed by atoms with Gasteiger partial charge in [-0.3, -0.25) is 4.79 Å². The number of benzene rings is 2. The number of aromatic nitrogens is 2. The van der Waals surface area contributed by atoms with Crippen molar-refractivity contribution in [3.05, 3.63) is 95.5 Å². The fraction of sp³-hybridized carbons (Fsp3) is 0.208. The summed E-state index contributed by atoms with van der Waals surface area (Å²) in [5.74, 6) is 1.02. The molecule has 2 heterocycles. The standard InChI is InChI=1S/C24H23FN4O2S/c1-17-4-6-18(7-5-17)15-22-27-24(32-28-22)29(16-21-3-2-14-31-21)13-12-23(30)26-20-10-8-19(25)9-11-20/h2-11,14H,12-13,15-16H2,1H3,(H,26,30). The van der Waals surface area contributed by atoms with Gasteiger partial charge >= 0.3 is 0 Å². The fourth-order valence-corrected chi connectivity index (χ4v) is 3.87. The Bertz CT molecular complexity index is 1140. The number of halogens is 1. The number of anilines is 2. The summed E-state index contributed by atoms with van der Waals surface area (Å²) in [6.45, 7) is 2.98. The van der Waals surface area contributed by atoms with Crippen LogP contribution in [0.25, 0.3) is 0 Å². The van der Waals surface area contributed by atoms with Crippen LogP contribution in [-0.4, -0.2) is 21.8 Å². The Balaban J connectivity index is 1.42. The number of nitrogens with zero attached hydrogens (tertiary/aromatic N) is 3. The van der Waals surface area contributed by atoms with Gasteiger partial charge in [-0.2, -0.15) is 4.37 Å². The monoisotopic (exact) mass is 450 g/mol. The van der Waals surface area contributed by atoms with Gasteiger partial charge in [0.1, 0.15) is 17.4 Å². The minimum Gasteiger partial charge on any atom is -0.467 e. The number of carbonyl (C=O) groups excluding carboxylic acids is 1. The molecule has 4 rings (SSSR count). The van der Waals surface area contributed by atoms with Gasteiger partial charge in [0.05, 0.1) is 12.8 Å². The Kier molecular flexibility index (Phi) is 6.91. The average molecular weight is 451 g/mol. The van der Waals surface area contributed by atoms with E-state index in [2.05, 4.69) is 40.9 Å². The highest BCUT2D eigenvalue weighted by Crippen LogP contribution is 2.22. The summed E-state index contributed by atoms with van der Waals surface area (Å²) in [6, 6.07) is 17.7. The molecule has 1 N–H and O–H groups in total. The molecule has 0 saturated heterocycles. The van der Waals surface area contributed by atoms with Crippen molar-refractivity contribution in [1.82, 2.24) is 9.36 Å². The Morgan fingerprint density at radius 3 is 2.62 bits per heavy atom. The summed E-state index contributed by atoms with van der Waals surface area (Å²) in [5.41, 5.74) is 2.92. The molecule has 0 atom stereocenters. The molecule has 0 aliphatic heterocycles. The quantitative estimate of drug-likeness (QED) is 0.379. The van der Waals surface area contributed by atoms with Crippen molar-refractivity contribution in [3.63, 3.8) is 0 Å². The van der Waals surface area contributed by atoms with E-state index < -0.39 is 0 Å². The highest BCUT2D eigenvalue weighted by atomic mass is 32.1. The van der Waals surface area contributed by atoms with Gasteiger partial charge < -0.3 is 14.6 Å². The number of hydrogen-bond acceptors (Lipinski definition) is 6. The van der Waals surface area contributed by atoms with Gasteiger partial charge in [-0.15, -0.1) is 0 Å². The zero-order valence-corrected chi connectivity index (χ0v) is 18.4. The fourth-order valence-electron chi connectivity index (χ4n) is 3.16. The maximum atomic E-state index is 13.1. The molecule has 8 heteroatoms. The number of carbonyl (C=O) groups is 1. The van der Waals surface area contributed by atoms with Crippen molar-refractivity contribution in [2.45, 2.75) is 26.3 Å². The molecule has 0 aliphatic carbocycles. The Hall–Kier alpha value is -3.52. The first-order valence-electron chi connectivity index (χ1n) is 10.3. The molecule has 2 aromatic heterocycles. The second-order valence-electron chi connectivity index (χ2n) is 7.46. The molecule has 0 aliphatic rings. The van der Waals surface area contributed by atoms with E-state index in [9.17, 15) is 9.18 Å². The van der Waals surface area contributed by atoms with Gasteiger partial charge in [0.15, 0.2) is 0 Å². The second-order valence-corrected chi connectivity index (χ2v) is 8.19. The van der Waals surface area contributed by atoms with Crippen LogP contribution in [0.15, 0.2) is 71.3 Å². The van der Waals surface area contributed by atoms with Crippen LogP contribution >= 0.6 is 11.5 Å². The van der Waals surface area contributed by atoms with E-state index in [-0.39, 0.29) is 18.1 Å². The van der Waals surface area contributed by atoms with Crippen molar-refractivity contribution in [2.75, 3.05) is 16.8 Å². The highest BCUT2D eigenvalue weighted by Gasteiger charge is 2.16. The normalized spacial score (nSPS) is 10.8. The summed E-state index contributed by atoms with van der Waals surface area (Å²) in [6.07, 6.45) is 2.51. The number of hydrogen-bond donors (Lipinski definition) is 1. The van der Waals surface area contributed by atoms with Gasteiger partial charge in [0.2, 0.25) is 11.0 Å². The lowest BCUT2D eigenvalue weighted by Gasteiger charge is -2.20.